The number of oxime groups is 1. The molecule has 0 amide bonds. The van der Waals surface area contributed by atoms with Crippen LogP contribution in [0.15, 0.2) is 5.16 Å². The highest BCUT2D eigenvalue weighted by Crippen LogP contribution is 2.46. The molecule has 0 fully saturated rings. The third kappa shape index (κ3) is 5.11. The Kier molecular flexibility index (Phi) is 5.60. The zero-order chi connectivity index (χ0) is 11.2. The van der Waals surface area contributed by atoms with Gasteiger partial charge in [-0.3, -0.25) is 4.57 Å². The molecule has 0 atom stereocenters. The minimum atomic E-state index is -3.12. The molecule has 7 heteroatoms. The van der Waals surface area contributed by atoms with Crippen LogP contribution in [0, 0.1) is 0 Å². The number of rotatable bonds is 5. The standard InChI is InChI=1S/C7H14NO5P/c1-6(8-13-7(2)9)5-14(10,11-3)12-4/h5H2,1-4H3. The van der Waals surface area contributed by atoms with Crippen molar-refractivity contribution in [1.82, 2.24) is 0 Å². The van der Waals surface area contributed by atoms with Crippen molar-refractivity contribution in [3.8, 4) is 0 Å². The van der Waals surface area contributed by atoms with Gasteiger partial charge in [-0.1, -0.05) is 5.16 Å². The molecule has 0 aromatic heterocycles. The van der Waals surface area contributed by atoms with E-state index in [9.17, 15) is 9.36 Å². The lowest BCUT2D eigenvalue weighted by atomic mass is 10.5. The molecule has 0 aromatic carbocycles. The molecule has 14 heavy (non-hydrogen) atoms. The lowest BCUT2D eigenvalue weighted by molar-refractivity contribution is -0.140. The summed E-state index contributed by atoms with van der Waals surface area (Å²) in [6.45, 7) is 2.79. The van der Waals surface area contributed by atoms with Gasteiger partial charge in [-0.25, -0.2) is 4.79 Å². The second-order valence-electron chi connectivity index (χ2n) is 2.54. The van der Waals surface area contributed by atoms with Crippen molar-refractivity contribution in [2.24, 2.45) is 5.16 Å². The summed E-state index contributed by atoms with van der Waals surface area (Å²) in [7, 11) is -0.557. The maximum Gasteiger partial charge on any atom is 0.335 e. The van der Waals surface area contributed by atoms with E-state index in [0.29, 0.717) is 5.71 Å². The molecule has 6 nitrogen and oxygen atoms in total. The smallest absolute Gasteiger partial charge is 0.319 e. The predicted octanol–water partition coefficient (Wildman–Crippen LogP) is 1.41. The van der Waals surface area contributed by atoms with Gasteiger partial charge in [0.1, 0.15) is 0 Å². The van der Waals surface area contributed by atoms with E-state index < -0.39 is 13.6 Å². The monoisotopic (exact) mass is 223 g/mol. The summed E-state index contributed by atoms with van der Waals surface area (Å²) in [5.41, 5.74) is 0.368. The number of carbonyl (C=O) groups is 1. The van der Waals surface area contributed by atoms with Crippen LogP contribution in [0.4, 0.5) is 0 Å². The normalized spacial score (nSPS) is 12.7. The summed E-state index contributed by atoms with van der Waals surface area (Å²) in [6, 6.07) is 0. The number of hydrogen-bond acceptors (Lipinski definition) is 6. The Morgan fingerprint density at radius 1 is 1.29 bits per heavy atom. The predicted molar refractivity (Wildman–Crippen MR) is 51.4 cm³/mol. The van der Waals surface area contributed by atoms with Crippen LogP contribution < -0.4 is 0 Å². The summed E-state index contributed by atoms with van der Waals surface area (Å²) in [6.07, 6.45) is -0.00667. The van der Waals surface area contributed by atoms with E-state index in [-0.39, 0.29) is 6.16 Å². The van der Waals surface area contributed by atoms with Crippen LogP contribution in [0.2, 0.25) is 0 Å². The quantitative estimate of drug-likeness (QED) is 0.305. The molecule has 0 aliphatic heterocycles. The molecule has 0 unspecified atom stereocenters. The van der Waals surface area contributed by atoms with E-state index in [1.54, 1.807) is 6.92 Å². The summed E-state index contributed by atoms with van der Waals surface area (Å²) in [5.74, 6) is -0.533. The second kappa shape index (κ2) is 5.90. The molecule has 0 saturated carbocycles. The summed E-state index contributed by atoms with van der Waals surface area (Å²) in [5, 5.41) is 3.44. The average molecular weight is 223 g/mol. The highest BCUT2D eigenvalue weighted by Gasteiger charge is 2.22. The highest BCUT2D eigenvalue weighted by molar-refractivity contribution is 7.54. The number of nitrogens with zero attached hydrogens (tertiary/aromatic N) is 1. The van der Waals surface area contributed by atoms with Gasteiger partial charge in [0.15, 0.2) is 0 Å². The molecule has 0 aromatic rings. The molecule has 0 bridgehead atoms. The van der Waals surface area contributed by atoms with E-state index in [4.69, 9.17) is 0 Å². The maximum absolute atomic E-state index is 11.5. The second-order valence-corrected chi connectivity index (χ2v) is 4.81. The molecular formula is C7H14NO5P. The fourth-order valence-corrected chi connectivity index (χ4v) is 1.68. The molecule has 0 radical (unpaired) electrons. The molecule has 0 spiro atoms. The topological polar surface area (TPSA) is 74.2 Å². The largest absolute Gasteiger partial charge is 0.335 e. The molecule has 0 aliphatic rings. The van der Waals surface area contributed by atoms with Gasteiger partial charge < -0.3 is 13.9 Å². The Morgan fingerprint density at radius 3 is 2.14 bits per heavy atom. The Hall–Kier alpha value is -0.710. The minimum absolute atomic E-state index is 0.00667. The van der Waals surface area contributed by atoms with Crippen LogP contribution in [0.25, 0.3) is 0 Å². The fourth-order valence-electron chi connectivity index (χ4n) is 0.655. The third-order valence-electron chi connectivity index (χ3n) is 1.31. The zero-order valence-corrected chi connectivity index (χ0v) is 9.54. The van der Waals surface area contributed by atoms with Crippen molar-refractivity contribution in [2.75, 3.05) is 20.4 Å². The van der Waals surface area contributed by atoms with Gasteiger partial charge in [0.05, 0.1) is 11.9 Å². The Bertz CT molecular complexity index is 267. The van der Waals surface area contributed by atoms with Crippen molar-refractivity contribution in [1.29, 1.82) is 0 Å². The third-order valence-corrected chi connectivity index (χ3v) is 3.27. The van der Waals surface area contributed by atoms with E-state index in [1.165, 1.54) is 21.1 Å². The average Bonchev–Trinajstić information content (AvgIpc) is 2.14. The molecular weight excluding hydrogens is 209 g/mol. The Morgan fingerprint density at radius 2 is 1.79 bits per heavy atom. The van der Waals surface area contributed by atoms with Crippen LogP contribution in [0.5, 0.6) is 0 Å². The summed E-state index contributed by atoms with van der Waals surface area (Å²) < 4.78 is 20.9. The van der Waals surface area contributed by atoms with Crippen LogP contribution in [-0.2, 0) is 23.2 Å². The van der Waals surface area contributed by atoms with Gasteiger partial charge in [-0.15, -0.1) is 0 Å². The molecule has 0 saturated heterocycles. The number of carbonyl (C=O) groups excluding carboxylic acids is 1. The Balaban J connectivity index is 4.29. The number of hydrogen-bond donors (Lipinski definition) is 0. The van der Waals surface area contributed by atoms with Crippen LogP contribution in [-0.4, -0.2) is 32.1 Å². The van der Waals surface area contributed by atoms with E-state index in [0.717, 1.165) is 0 Å². The SMILES string of the molecule is COP(=O)(CC(C)=NOC(C)=O)OC. The van der Waals surface area contributed by atoms with Gasteiger partial charge in [-0.2, -0.15) is 0 Å². The summed E-state index contributed by atoms with van der Waals surface area (Å²) >= 11 is 0. The Labute approximate surface area is 82.7 Å². The zero-order valence-electron chi connectivity index (χ0n) is 8.64. The molecule has 0 rings (SSSR count). The molecule has 0 N–H and O–H groups in total. The van der Waals surface area contributed by atoms with Gasteiger partial charge in [0.25, 0.3) is 0 Å². The van der Waals surface area contributed by atoms with Gasteiger partial charge in [-0.05, 0) is 6.92 Å². The first-order valence-corrected chi connectivity index (χ1v) is 5.58. The first-order valence-electron chi connectivity index (χ1n) is 3.85. The lowest BCUT2D eigenvalue weighted by Crippen LogP contribution is -2.06. The first-order chi connectivity index (χ1) is 6.43. The highest BCUT2D eigenvalue weighted by atomic mass is 31.2. The lowest BCUT2D eigenvalue weighted by Gasteiger charge is -2.12. The maximum atomic E-state index is 11.5. The molecule has 82 valence electrons. The van der Waals surface area contributed by atoms with Gasteiger partial charge >= 0.3 is 13.6 Å². The van der Waals surface area contributed by atoms with Crippen LogP contribution >= 0.6 is 7.60 Å². The first kappa shape index (κ1) is 13.3. The van der Waals surface area contributed by atoms with E-state index in [1.807, 2.05) is 0 Å². The van der Waals surface area contributed by atoms with Crippen molar-refractivity contribution < 1.29 is 23.2 Å². The van der Waals surface area contributed by atoms with Gasteiger partial charge in [0.2, 0.25) is 0 Å². The van der Waals surface area contributed by atoms with Crippen LogP contribution in [0.3, 0.4) is 0 Å². The molecule has 0 heterocycles. The van der Waals surface area contributed by atoms with Crippen molar-refractivity contribution >= 4 is 19.3 Å². The van der Waals surface area contributed by atoms with E-state index in [2.05, 4.69) is 19.0 Å². The van der Waals surface area contributed by atoms with E-state index >= 15 is 0 Å². The van der Waals surface area contributed by atoms with Crippen molar-refractivity contribution in [3.05, 3.63) is 0 Å². The summed E-state index contributed by atoms with van der Waals surface area (Å²) in [4.78, 5) is 14.7. The van der Waals surface area contributed by atoms with Gasteiger partial charge in [0, 0.05) is 21.1 Å². The van der Waals surface area contributed by atoms with Crippen molar-refractivity contribution in [2.45, 2.75) is 13.8 Å². The van der Waals surface area contributed by atoms with Crippen LogP contribution in [0.1, 0.15) is 13.8 Å². The van der Waals surface area contributed by atoms with Crippen molar-refractivity contribution in [3.63, 3.8) is 0 Å². The minimum Gasteiger partial charge on any atom is -0.319 e. The molecule has 0 aliphatic carbocycles. The fraction of sp³-hybridized carbons (Fsp3) is 0.714.